The van der Waals surface area contributed by atoms with Crippen LogP contribution in [0.2, 0.25) is 0 Å². The lowest BCUT2D eigenvalue weighted by Gasteiger charge is -2.46. The lowest BCUT2D eigenvalue weighted by molar-refractivity contribution is -0.0479. The third-order valence-electron chi connectivity index (χ3n) is 5.37. The van der Waals surface area contributed by atoms with Gasteiger partial charge in [0.15, 0.2) is 0 Å². The van der Waals surface area contributed by atoms with E-state index >= 15 is 0 Å². The average molecular weight is 301 g/mol. The van der Waals surface area contributed by atoms with Crippen LogP contribution in [-0.2, 0) is 10.3 Å². The van der Waals surface area contributed by atoms with Crippen molar-refractivity contribution in [2.75, 3.05) is 31.5 Å². The maximum atomic E-state index is 11.9. The first-order chi connectivity index (χ1) is 10.8. The topological polar surface area (TPSA) is 53.6 Å². The number of anilines is 1. The Morgan fingerprint density at radius 2 is 1.86 bits per heavy atom. The highest BCUT2D eigenvalue weighted by molar-refractivity contribution is 5.88. The van der Waals surface area contributed by atoms with E-state index in [1.165, 1.54) is 12.8 Å². The Bertz CT molecular complexity index is 561. The lowest BCUT2D eigenvalue weighted by atomic mass is 9.81. The summed E-state index contributed by atoms with van der Waals surface area (Å²) >= 11 is 0. The number of amides is 1. The molecule has 0 aromatic heterocycles. The van der Waals surface area contributed by atoms with Crippen LogP contribution in [0.4, 0.5) is 10.5 Å². The predicted octanol–water partition coefficient (Wildman–Crippen LogP) is 2.29. The van der Waals surface area contributed by atoms with Gasteiger partial charge in [-0.3, -0.25) is 10.2 Å². The van der Waals surface area contributed by atoms with E-state index in [1.54, 1.807) is 0 Å². The first kappa shape index (κ1) is 14.0. The molecule has 0 saturated carbocycles. The largest absolute Gasteiger partial charge is 0.438 e. The van der Waals surface area contributed by atoms with Gasteiger partial charge in [-0.05, 0) is 32.0 Å². The van der Waals surface area contributed by atoms with Crippen LogP contribution in [0.15, 0.2) is 24.3 Å². The van der Waals surface area contributed by atoms with E-state index in [4.69, 9.17) is 4.74 Å². The summed E-state index contributed by atoms with van der Waals surface area (Å²) in [5.74, 6) is 0. The second-order valence-electron chi connectivity index (χ2n) is 6.57. The van der Waals surface area contributed by atoms with Crippen LogP contribution < -0.4 is 10.6 Å². The fourth-order valence-electron chi connectivity index (χ4n) is 4.15. The third kappa shape index (κ3) is 2.38. The van der Waals surface area contributed by atoms with E-state index in [1.807, 2.05) is 18.2 Å². The zero-order valence-corrected chi connectivity index (χ0v) is 12.8. The number of nitrogens with zero attached hydrogens (tertiary/aromatic N) is 1. The second-order valence-corrected chi connectivity index (χ2v) is 6.57. The summed E-state index contributed by atoms with van der Waals surface area (Å²) < 4.78 is 5.79. The van der Waals surface area contributed by atoms with E-state index in [0.29, 0.717) is 6.04 Å². The van der Waals surface area contributed by atoms with E-state index in [9.17, 15) is 4.79 Å². The van der Waals surface area contributed by atoms with Crippen molar-refractivity contribution in [3.8, 4) is 0 Å². The Morgan fingerprint density at radius 3 is 2.64 bits per heavy atom. The van der Waals surface area contributed by atoms with Crippen LogP contribution in [-0.4, -0.2) is 43.2 Å². The van der Waals surface area contributed by atoms with Gasteiger partial charge in [0.1, 0.15) is 5.60 Å². The van der Waals surface area contributed by atoms with E-state index in [2.05, 4.69) is 21.6 Å². The van der Waals surface area contributed by atoms with Gasteiger partial charge in [-0.15, -0.1) is 0 Å². The van der Waals surface area contributed by atoms with Gasteiger partial charge in [0.05, 0.1) is 5.69 Å². The number of carbonyl (C=O) groups is 1. The third-order valence-corrected chi connectivity index (χ3v) is 5.37. The number of hydrogen-bond donors (Lipinski definition) is 2. The van der Waals surface area contributed by atoms with Gasteiger partial charge in [0, 0.05) is 37.5 Å². The number of carbonyl (C=O) groups excluding carboxylic acids is 1. The number of piperidine rings is 2. The van der Waals surface area contributed by atoms with Crippen molar-refractivity contribution in [3.05, 3.63) is 29.8 Å². The standard InChI is InChI=1S/C17H23N3O2/c21-16-19-15-4-2-1-3-14(15)17(22-16)7-11-20(12-8-17)13-5-9-18-10-6-13/h1-4,13,18H,5-12H2,(H,19,21). The van der Waals surface area contributed by atoms with Gasteiger partial charge in [0.25, 0.3) is 0 Å². The molecule has 5 heteroatoms. The molecule has 22 heavy (non-hydrogen) atoms. The molecule has 1 aromatic rings. The van der Waals surface area contributed by atoms with Gasteiger partial charge in [0.2, 0.25) is 0 Å². The minimum atomic E-state index is -0.428. The minimum Gasteiger partial charge on any atom is -0.438 e. The molecular weight excluding hydrogens is 278 g/mol. The lowest BCUT2D eigenvalue weighted by Crippen LogP contribution is -2.52. The van der Waals surface area contributed by atoms with Crippen molar-refractivity contribution >= 4 is 11.8 Å². The zero-order chi connectivity index (χ0) is 15.0. The minimum absolute atomic E-state index is 0.311. The molecule has 1 amide bonds. The molecule has 0 atom stereocenters. The molecule has 2 fully saturated rings. The highest BCUT2D eigenvalue weighted by atomic mass is 16.6. The van der Waals surface area contributed by atoms with Crippen molar-refractivity contribution in [2.45, 2.75) is 37.3 Å². The van der Waals surface area contributed by atoms with Crippen LogP contribution in [0, 0.1) is 0 Å². The number of ether oxygens (including phenoxy) is 1. The summed E-state index contributed by atoms with van der Waals surface area (Å²) in [6, 6.07) is 8.74. The molecule has 5 nitrogen and oxygen atoms in total. The van der Waals surface area contributed by atoms with Gasteiger partial charge in [-0.2, -0.15) is 0 Å². The fourth-order valence-corrected chi connectivity index (χ4v) is 4.15. The Morgan fingerprint density at radius 1 is 1.14 bits per heavy atom. The summed E-state index contributed by atoms with van der Waals surface area (Å²) in [5, 5.41) is 6.25. The van der Waals surface area contributed by atoms with Gasteiger partial charge < -0.3 is 10.1 Å². The fraction of sp³-hybridized carbons (Fsp3) is 0.588. The Balaban J connectivity index is 1.53. The van der Waals surface area contributed by atoms with Crippen LogP contribution in [0.25, 0.3) is 0 Å². The quantitative estimate of drug-likeness (QED) is 0.835. The molecule has 0 bridgehead atoms. The second kappa shape index (κ2) is 5.56. The SMILES string of the molecule is O=C1Nc2ccccc2C2(CCN(C3CCNCC3)CC2)O1. The first-order valence-electron chi connectivity index (χ1n) is 8.31. The normalized spacial score (nSPS) is 25.4. The molecule has 3 aliphatic rings. The molecule has 3 aliphatic heterocycles. The van der Waals surface area contributed by atoms with Crippen molar-refractivity contribution < 1.29 is 9.53 Å². The molecule has 2 N–H and O–H groups in total. The molecule has 0 aliphatic carbocycles. The molecule has 118 valence electrons. The Labute approximate surface area is 131 Å². The van der Waals surface area contributed by atoms with Crippen molar-refractivity contribution in [1.29, 1.82) is 0 Å². The number of nitrogens with one attached hydrogen (secondary N) is 2. The molecular formula is C17H23N3O2. The van der Waals surface area contributed by atoms with Gasteiger partial charge >= 0.3 is 6.09 Å². The number of hydrogen-bond acceptors (Lipinski definition) is 4. The molecule has 0 radical (unpaired) electrons. The smallest absolute Gasteiger partial charge is 0.412 e. The first-order valence-corrected chi connectivity index (χ1v) is 8.31. The van der Waals surface area contributed by atoms with Crippen molar-refractivity contribution in [2.24, 2.45) is 0 Å². The maximum absolute atomic E-state index is 11.9. The predicted molar refractivity (Wildman–Crippen MR) is 84.9 cm³/mol. The molecule has 1 spiro atoms. The zero-order valence-electron chi connectivity index (χ0n) is 12.8. The van der Waals surface area contributed by atoms with Crippen LogP contribution in [0.1, 0.15) is 31.2 Å². The molecule has 4 rings (SSSR count). The van der Waals surface area contributed by atoms with Crippen LogP contribution >= 0.6 is 0 Å². The summed E-state index contributed by atoms with van der Waals surface area (Å²) in [6.45, 7) is 4.25. The van der Waals surface area contributed by atoms with Crippen LogP contribution in [0.3, 0.4) is 0 Å². The van der Waals surface area contributed by atoms with Gasteiger partial charge in [-0.1, -0.05) is 18.2 Å². The summed E-state index contributed by atoms with van der Waals surface area (Å²) in [4.78, 5) is 14.5. The van der Waals surface area contributed by atoms with E-state index < -0.39 is 5.60 Å². The average Bonchev–Trinajstić information content (AvgIpc) is 2.56. The van der Waals surface area contributed by atoms with E-state index in [0.717, 1.165) is 50.3 Å². The Hall–Kier alpha value is -1.59. The van der Waals surface area contributed by atoms with Crippen LogP contribution in [0.5, 0.6) is 0 Å². The van der Waals surface area contributed by atoms with Crippen molar-refractivity contribution in [3.63, 3.8) is 0 Å². The molecule has 2 saturated heterocycles. The summed E-state index contributed by atoms with van der Waals surface area (Å²) in [7, 11) is 0. The van der Waals surface area contributed by atoms with Gasteiger partial charge in [-0.25, -0.2) is 4.79 Å². The van der Waals surface area contributed by atoms with E-state index in [-0.39, 0.29) is 6.09 Å². The number of likely N-dealkylation sites (tertiary alicyclic amines) is 1. The highest BCUT2D eigenvalue weighted by Crippen LogP contribution is 2.43. The Kier molecular flexibility index (Phi) is 3.54. The molecule has 3 heterocycles. The number of para-hydroxylation sites is 1. The monoisotopic (exact) mass is 301 g/mol. The number of benzene rings is 1. The summed E-state index contributed by atoms with van der Waals surface area (Å²) in [5.41, 5.74) is 1.62. The molecule has 1 aromatic carbocycles. The summed E-state index contributed by atoms with van der Waals surface area (Å²) in [6.07, 6.45) is 3.92. The highest BCUT2D eigenvalue weighted by Gasteiger charge is 2.45. The maximum Gasteiger partial charge on any atom is 0.412 e. The number of rotatable bonds is 1. The van der Waals surface area contributed by atoms with Crippen molar-refractivity contribution in [1.82, 2.24) is 10.2 Å². The number of fused-ring (bicyclic) bond motifs is 2. The molecule has 0 unspecified atom stereocenters.